The molecular weight excluding hydrogens is 596 g/mol. The summed E-state index contributed by atoms with van der Waals surface area (Å²) in [6.07, 6.45) is 1.81. The largest absolute Gasteiger partial charge is 0.472 e. The van der Waals surface area contributed by atoms with Crippen LogP contribution in [0, 0.1) is 28.1 Å². The van der Waals surface area contributed by atoms with E-state index in [9.17, 15) is 24.6 Å². The van der Waals surface area contributed by atoms with Crippen LogP contribution in [0.15, 0.2) is 34.7 Å². The molecule has 2 unspecified atom stereocenters. The highest BCUT2D eigenvalue weighted by Crippen LogP contribution is 2.80. The zero-order chi connectivity index (χ0) is 33.2. The summed E-state index contributed by atoms with van der Waals surface area (Å²) in [5.74, 6) is -2.64. The summed E-state index contributed by atoms with van der Waals surface area (Å²) in [5.41, 5.74) is -4.61. The number of carbonyl (C=O) groups excluding carboxylic acids is 3. The van der Waals surface area contributed by atoms with Crippen molar-refractivity contribution in [3.63, 3.8) is 0 Å². The molecule has 14 atom stereocenters. The Morgan fingerprint density at radius 1 is 0.978 bits per heavy atom. The molecule has 46 heavy (non-hydrogen) atoms. The normalized spacial score (nSPS) is 50.3. The van der Waals surface area contributed by atoms with Crippen LogP contribution in [0.5, 0.6) is 0 Å². The molecule has 11 nitrogen and oxygen atoms in total. The number of furan rings is 1. The molecule has 1 aromatic rings. The van der Waals surface area contributed by atoms with Crippen LogP contribution in [-0.2, 0) is 38.1 Å². The van der Waals surface area contributed by atoms with Crippen LogP contribution in [0.25, 0.3) is 0 Å². The first-order valence-corrected chi connectivity index (χ1v) is 16.5. The molecule has 6 aliphatic rings. The number of carbonyl (C=O) groups is 3. The SMILES string of the molecule is C/C=C(\C)C(=O)O[C@H]1C[C@@H](c2ccoc2)[C@](C)(O)[C@]12O[C@H]1C[C@@H]3[C@]4(C)C5C(OC[C@]5(C)[C@H](OC(C)=O)C[C@@H]4OC(C)=O)[C@@H](O)[C@]32C1. The van der Waals surface area contributed by atoms with Crippen molar-refractivity contribution >= 4 is 17.9 Å². The quantitative estimate of drug-likeness (QED) is 0.275. The van der Waals surface area contributed by atoms with Gasteiger partial charge in [-0.2, -0.15) is 0 Å². The molecule has 2 bridgehead atoms. The van der Waals surface area contributed by atoms with Crippen molar-refractivity contribution < 1.29 is 52.7 Å². The highest BCUT2D eigenvalue weighted by molar-refractivity contribution is 5.87. The lowest BCUT2D eigenvalue weighted by Crippen LogP contribution is -2.79. The highest BCUT2D eigenvalue weighted by Gasteiger charge is 2.89. The van der Waals surface area contributed by atoms with E-state index in [1.54, 1.807) is 45.4 Å². The summed E-state index contributed by atoms with van der Waals surface area (Å²) in [5, 5.41) is 25.7. The number of aliphatic hydroxyl groups is 2. The van der Waals surface area contributed by atoms with Crippen molar-refractivity contribution in [1.29, 1.82) is 0 Å². The predicted octanol–water partition coefficient (Wildman–Crippen LogP) is 3.60. The van der Waals surface area contributed by atoms with E-state index in [0.717, 1.165) is 5.56 Å². The minimum Gasteiger partial charge on any atom is -0.472 e. The van der Waals surface area contributed by atoms with Crippen LogP contribution in [0.1, 0.15) is 85.6 Å². The third kappa shape index (κ3) is 3.71. The van der Waals surface area contributed by atoms with E-state index >= 15 is 0 Å². The van der Waals surface area contributed by atoms with Crippen molar-refractivity contribution in [3.05, 3.63) is 35.8 Å². The molecule has 7 rings (SSSR count). The molecule has 2 aliphatic heterocycles. The van der Waals surface area contributed by atoms with Crippen molar-refractivity contribution in [2.75, 3.05) is 6.61 Å². The number of allylic oxidation sites excluding steroid dienone is 1. The van der Waals surface area contributed by atoms with E-state index in [-0.39, 0.29) is 37.4 Å². The van der Waals surface area contributed by atoms with Crippen LogP contribution < -0.4 is 0 Å². The van der Waals surface area contributed by atoms with Gasteiger partial charge in [-0.3, -0.25) is 9.59 Å². The number of hydrogen-bond acceptors (Lipinski definition) is 11. The summed E-state index contributed by atoms with van der Waals surface area (Å²) in [6.45, 7) is 12.3. The summed E-state index contributed by atoms with van der Waals surface area (Å²) in [7, 11) is 0. The van der Waals surface area contributed by atoms with E-state index in [1.165, 1.54) is 13.8 Å². The number of ether oxygens (including phenoxy) is 5. The average Bonchev–Trinajstić information content (AvgIpc) is 3.80. The van der Waals surface area contributed by atoms with Crippen molar-refractivity contribution in [1.82, 2.24) is 0 Å². The fraction of sp³-hybridized carbons (Fsp3) is 0.743. The second-order valence-electron chi connectivity index (χ2n) is 15.4. The molecule has 1 aromatic heterocycles. The summed E-state index contributed by atoms with van der Waals surface area (Å²) < 4.78 is 37.3. The van der Waals surface area contributed by atoms with E-state index < -0.39 is 81.8 Å². The maximum Gasteiger partial charge on any atom is 0.333 e. The topological polar surface area (TPSA) is 151 Å². The van der Waals surface area contributed by atoms with Gasteiger partial charge in [0.1, 0.15) is 29.5 Å². The number of fused-ring (bicyclic) bond motifs is 2. The Kier molecular flexibility index (Phi) is 7.02. The highest BCUT2D eigenvalue weighted by atomic mass is 16.6. The smallest absolute Gasteiger partial charge is 0.333 e. The van der Waals surface area contributed by atoms with Crippen molar-refractivity contribution in [2.45, 2.75) is 128 Å². The Morgan fingerprint density at radius 2 is 1.67 bits per heavy atom. The van der Waals surface area contributed by atoms with Gasteiger partial charge in [-0.1, -0.05) is 19.9 Å². The van der Waals surface area contributed by atoms with Gasteiger partial charge in [0, 0.05) is 53.9 Å². The van der Waals surface area contributed by atoms with E-state index in [4.69, 9.17) is 28.1 Å². The first-order valence-electron chi connectivity index (χ1n) is 16.5. The minimum atomic E-state index is -1.63. The van der Waals surface area contributed by atoms with Gasteiger partial charge in [-0.25, -0.2) is 4.79 Å². The third-order valence-corrected chi connectivity index (χ3v) is 13.4. The zero-order valence-electron chi connectivity index (χ0n) is 27.6. The van der Waals surface area contributed by atoms with Gasteiger partial charge in [-0.05, 0) is 57.6 Å². The van der Waals surface area contributed by atoms with Gasteiger partial charge >= 0.3 is 17.9 Å². The molecule has 4 aliphatic carbocycles. The minimum absolute atomic E-state index is 0.229. The molecule has 0 radical (unpaired) electrons. The molecule has 2 N–H and O–H groups in total. The number of esters is 3. The maximum absolute atomic E-state index is 13.4. The fourth-order valence-electron chi connectivity index (χ4n) is 11.7. The van der Waals surface area contributed by atoms with Gasteiger partial charge in [0.05, 0.1) is 37.4 Å². The standard InChI is InChI=1S/C35H46O11/c1-8-17(2)30(39)45-26-12-22(20-9-10-41-15-20)33(7,40)35(26)34-14-21(46-35)11-23(34)32(6)25(44-19(4)37)13-24(43-18(3)36)31(5)16-42-27(28(31)32)29(34)38/h8-10,15,21-29,38,40H,11-14,16H2,1-7H3/b17-8+/t21-,22-,23+,24+,25-,26-,27?,28?,29+,31+,32-,33-,34-,35+/m0/s1. The predicted molar refractivity (Wildman–Crippen MR) is 160 cm³/mol. The number of aliphatic hydroxyl groups excluding tert-OH is 1. The van der Waals surface area contributed by atoms with Gasteiger partial charge in [0.15, 0.2) is 0 Å². The molecule has 4 saturated carbocycles. The van der Waals surface area contributed by atoms with E-state index in [1.807, 2.05) is 6.92 Å². The van der Waals surface area contributed by atoms with Crippen molar-refractivity contribution in [3.8, 4) is 0 Å². The molecule has 2 saturated heterocycles. The van der Waals surface area contributed by atoms with E-state index in [2.05, 4.69) is 6.92 Å². The molecular formula is C35H46O11. The lowest BCUT2D eigenvalue weighted by atomic mass is 9.38. The lowest BCUT2D eigenvalue weighted by molar-refractivity contribution is -0.337. The molecule has 0 amide bonds. The van der Waals surface area contributed by atoms with E-state index in [0.29, 0.717) is 18.4 Å². The number of rotatable bonds is 5. The Bertz CT molecular complexity index is 1470. The monoisotopic (exact) mass is 642 g/mol. The van der Waals surface area contributed by atoms with Gasteiger partial charge in [0.25, 0.3) is 0 Å². The zero-order valence-corrected chi connectivity index (χ0v) is 27.6. The molecule has 6 fully saturated rings. The summed E-state index contributed by atoms with van der Waals surface area (Å²) >= 11 is 0. The maximum atomic E-state index is 13.4. The number of hydrogen-bond donors (Lipinski definition) is 2. The molecule has 3 heterocycles. The Labute approximate surface area is 268 Å². The summed E-state index contributed by atoms with van der Waals surface area (Å²) in [4.78, 5) is 38.4. The fourth-order valence-corrected chi connectivity index (χ4v) is 11.7. The molecule has 0 aromatic carbocycles. The van der Waals surface area contributed by atoms with Crippen LogP contribution >= 0.6 is 0 Å². The van der Waals surface area contributed by atoms with Gasteiger partial charge < -0.3 is 38.3 Å². The van der Waals surface area contributed by atoms with Gasteiger partial charge in [0.2, 0.25) is 0 Å². The Balaban J connectivity index is 1.43. The second kappa shape index (κ2) is 10.1. The molecule has 11 heteroatoms. The third-order valence-electron chi connectivity index (χ3n) is 13.4. The average molecular weight is 643 g/mol. The Hall–Kier alpha value is -2.73. The van der Waals surface area contributed by atoms with Crippen LogP contribution in [0.3, 0.4) is 0 Å². The summed E-state index contributed by atoms with van der Waals surface area (Å²) in [6, 6.07) is 1.80. The Morgan fingerprint density at radius 3 is 2.30 bits per heavy atom. The molecule has 2 spiro atoms. The second-order valence-corrected chi connectivity index (χ2v) is 15.4. The van der Waals surface area contributed by atoms with Crippen LogP contribution in [0.2, 0.25) is 0 Å². The van der Waals surface area contributed by atoms with Gasteiger partial charge in [-0.15, -0.1) is 0 Å². The first-order chi connectivity index (χ1) is 21.6. The van der Waals surface area contributed by atoms with Crippen molar-refractivity contribution in [2.24, 2.45) is 28.1 Å². The first kappa shape index (κ1) is 31.8. The lowest BCUT2D eigenvalue weighted by Gasteiger charge is -2.69. The van der Waals surface area contributed by atoms with Crippen LogP contribution in [-0.4, -0.2) is 82.6 Å². The van der Waals surface area contributed by atoms with Crippen LogP contribution in [0.4, 0.5) is 0 Å². The molecule has 252 valence electrons.